The van der Waals surface area contributed by atoms with Gasteiger partial charge in [-0.25, -0.2) is 0 Å². The van der Waals surface area contributed by atoms with Crippen LogP contribution >= 0.6 is 46.4 Å². The molecule has 1 aromatic carbocycles. The first kappa shape index (κ1) is 18.0. The molecular weight excluding hydrogens is 338 g/mol. The van der Waals surface area contributed by atoms with Gasteiger partial charge in [-0.2, -0.15) is 0 Å². The van der Waals surface area contributed by atoms with E-state index in [2.05, 4.69) is 21.9 Å². The summed E-state index contributed by atoms with van der Waals surface area (Å²) in [4.78, 5) is 4.40. The fourth-order valence-electron chi connectivity index (χ4n) is 2.11. The van der Waals surface area contributed by atoms with Crippen molar-refractivity contribution in [2.24, 2.45) is 0 Å². The topological polar surface area (TPSA) is 6.48 Å². The molecule has 0 aromatic heterocycles. The number of alkyl halides is 4. The zero-order valence-electron chi connectivity index (χ0n) is 11.4. The minimum atomic E-state index is 0.566. The van der Waals surface area contributed by atoms with Crippen molar-refractivity contribution in [2.45, 2.75) is 0 Å². The van der Waals surface area contributed by atoms with Crippen LogP contribution in [-0.4, -0.2) is 49.7 Å². The van der Waals surface area contributed by atoms with Gasteiger partial charge in [-0.3, -0.25) is 0 Å². The normalized spacial score (nSPS) is 10.6. The molecule has 1 rings (SSSR count). The van der Waals surface area contributed by atoms with E-state index in [4.69, 9.17) is 46.4 Å². The van der Waals surface area contributed by atoms with Crippen LogP contribution in [0.25, 0.3) is 0 Å². The first-order chi connectivity index (χ1) is 9.78. The van der Waals surface area contributed by atoms with Crippen LogP contribution in [-0.2, 0) is 0 Å². The standard InChI is InChI=1S/C14H20Cl4N2/c15-5-9-19(10-6-16)13-3-1-2-4-14(13)20(11-7-17)12-8-18/h1-4H,5-12H2. The molecule has 0 saturated heterocycles. The lowest BCUT2D eigenvalue weighted by molar-refractivity contribution is 0.840. The largest absolute Gasteiger partial charge is 0.367 e. The molecule has 0 aliphatic heterocycles. The number of anilines is 2. The number of rotatable bonds is 10. The van der Waals surface area contributed by atoms with Crippen LogP contribution in [0.15, 0.2) is 24.3 Å². The molecule has 114 valence electrons. The molecule has 0 atom stereocenters. The molecule has 0 saturated carbocycles. The molecule has 0 fully saturated rings. The number of hydrogen-bond donors (Lipinski definition) is 0. The molecule has 2 nitrogen and oxygen atoms in total. The Bertz CT molecular complexity index is 329. The van der Waals surface area contributed by atoms with Crippen molar-refractivity contribution in [1.29, 1.82) is 0 Å². The van der Waals surface area contributed by atoms with Gasteiger partial charge in [0.05, 0.1) is 11.4 Å². The Hall–Kier alpha value is -0.0200. The molecule has 0 amide bonds. The highest BCUT2D eigenvalue weighted by molar-refractivity contribution is 6.19. The minimum absolute atomic E-state index is 0.566. The van der Waals surface area contributed by atoms with Crippen LogP contribution in [0.3, 0.4) is 0 Å². The Kier molecular flexibility index (Phi) is 9.62. The summed E-state index contributed by atoms with van der Waals surface area (Å²) in [7, 11) is 0. The van der Waals surface area contributed by atoms with Crippen molar-refractivity contribution in [1.82, 2.24) is 0 Å². The predicted molar refractivity (Wildman–Crippen MR) is 93.7 cm³/mol. The second-order valence-electron chi connectivity index (χ2n) is 4.22. The number of para-hydroxylation sites is 2. The van der Waals surface area contributed by atoms with Gasteiger partial charge in [0.1, 0.15) is 0 Å². The number of benzene rings is 1. The molecule has 20 heavy (non-hydrogen) atoms. The summed E-state index contributed by atoms with van der Waals surface area (Å²) in [5.74, 6) is 2.26. The van der Waals surface area contributed by atoms with E-state index in [0.29, 0.717) is 23.5 Å². The van der Waals surface area contributed by atoms with Crippen LogP contribution in [0.4, 0.5) is 11.4 Å². The van der Waals surface area contributed by atoms with E-state index in [-0.39, 0.29) is 0 Å². The molecule has 0 N–H and O–H groups in total. The molecule has 0 heterocycles. The first-order valence-electron chi connectivity index (χ1n) is 6.61. The summed E-state index contributed by atoms with van der Waals surface area (Å²) in [5.41, 5.74) is 2.26. The molecule has 0 aliphatic carbocycles. The fourth-order valence-corrected chi connectivity index (χ4v) is 2.93. The maximum atomic E-state index is 5.90. The van der Waals surface area contributed by atoms with Crippen molar-refractivity contribution in [3.8, 4) is 0 Å². The van der Waals surface area contributed by atoms with Gasteiger partial charge in [-0.05, 0) is 12.1 Å². The van der Waals surface area contributed by atoms with Crippen LogP contribution < -0.4 is 9.80 Å². The Morgan fingerprint density at radius 1 is 0.600 bits per heavy atom. The predicted octanol–water partition coefficient (Wildman–Crippen LogP) is 4.25. The molecule has 0 radical (unpaired) electrons. The van der Waals surface area contributed by atoms with Crippen LogP contribution in [0, 0.1) is 0 Å². The van der Waals surface area contributed by atoms with E-state index < -0.39 is 0 Å². The van der Waals surface area contributed by atoms with Crippen LogP contribution in [0.5, 0.6) is 0 Å². The van der Waals surface area contributed by atoms with Gasteiger partial charge < -0.3 is 9.80 Å². The van der Waals surface area contributed by atoms with E-state index in [0.717, 1.165) is 37.6 Å². The summed E-state index contributed by atoms with van der Waals surface area (Å²) in [6.07, 6.45) is 0. The van der Waals surface area contributed by atoms with Gasteiger partial charge in [0.25, 0.3) is 0 Å². The Balaban J connectivity index is 3.04. The van der Waals surface area contributed by atoms with Crippen LogP contribution in [0.2, 0.25) is 0 Å². The van der Waals surface area contributed by atoms with E-state index in [1.165, 1.54) is 0 Å². The Morgan fingerprint density at radius 3 is 1.15 bits per heavy atom. The second kappa shape index (κ2) is 10.7. The summed E-state index contributed by atoms with van der Waals surface area (Å²) >= 11 is 23.6. The highest BCUT2D eigenvalue weighted by Crippen LogP contribution is 2.29. The van der Waals surface area contributed by atoms with Crippen molar-refractivity contribution in [3.63, 3.8) is 0 Å². The van der Waals surface area contributed by atoms with E-state index in [9.17, 15) is 0 Å². The lowest BCUT2D eigenvalue weighted by Crippen LogP contribution is -2.33. The zero-order valence-corrected chi connectivity index (χ0v) is 14.4. The maximum absolute atomic E-state index is 5.90. The third kappa shape index (κ3) is 5.40. The smallest absolute Gasteiger partial charge is 0.0604 e. The summed E-state index contributed by atoms with van der Waals surface area (Å²) in [6, 6.07) is 8.22. The summed E-state index contributed by atoms with van der Waals surface area (Å²) < 4.78 is 0. The molecule has 0 bridgehead atoms. The third-order valence-electron chi connectivity index (χ3n) is 2.98. The van der Waals surface area contributed by atoms with Crippen molar-refractivity contribution in [3.05, 3.63) is 24.3 Å². The molecule has 1 aromatic rings. The molecule has 0 spiro atoms. The highest BCUT2D eigenvalue weighted by Gasteiger charge is 2.14. The zero-order chi connectivity index (χ0) is 14.8. The molecule has 0 aliphatic rings. The number of halogens is 4. The monoisotopic (exact) mass is 356 g/mol. The Morgan fingerprint density at radius 2 is 0.900 bits per heavy atom. The second-order valence-corrected chi connectivity index (χ2v) is 5.73. The van der Waals surface area contributed by atoms with Gasteiger partial charge in [0.15, 0.2) is 0 Å². The Labute approximate surface area is 141 Å². The average Bonchev–Trinajstić information content (AvgIpc) is 2.47. The van der Waals surface area contributed by atoms with Crippen molar-refractivity contribution >= 4 is 57.8 Å². The fraction of sp³-hybridized carbons (Fsp3) is 0.571. The molecule has 0 unspecified atom stereocenters. The van der Waals surface area contributed by atoms with Crippen molar-refractivity contribution in [2.75, 3.05) is 59.5 Å². The summed E-state index contributed by atoms with van der Waals surface area (Å²) in [5, 5.41) is 0. The van der Waals surface area contributed by atoms with Gasteiger partial charge in [0.2, 0.25) is 0 Å². The van der Waals surface area contributed by atoms with Crippen LogP contribution in [0.1, 0.15) is 0 Å². The van der Waals surface area contributed by atoms with E-state index in [1.54, 1.807) is 0 Å². The van der Waals surface area contributed by atoms with Gasteiger partial charge in [0, 0.05) is 49.7 Å². The number of nitrogens with zero attached hydrogens (tertiary/aromatic N) is 2. The highest BCUT2D eigenvalue weighted by atomic mass is 35.5. The molecule has 6 heteroatoms. The molecular formula is C14H20Cl4N2. The van der Waals surface area contributed by atoms with Gasteiger partial charge >= 0.3 is 0 Å². The van der Waals surface area contributed by atoms with Crippen molar-refractivity contribution < 1.29 is 0 Å². The third-order valence-corrected chi connectivity index (χ3v) is 3.66. The van der Waals surface area contributed by atoms with E-state index >= 15 is 0 Å². The van der Waals surface area contributed by atoms with Gasteiger partial charge in [-0.1, -0.05) is 12.1 Å². The SMILES string of the molecule is ClCCN(CCCl)c1ccccc1N(CCCl)CCCl. The average molecular weight is 358 g/mol. The summed E-state index contributed by atoms with van der Waals surface area (Å²) in [6.45, 7) is 3.06. The maximum Gasteiger partial charge on any atom is 0.0604 e. The first-order valence-corrected chi connectivity index (χ1v) is 8.75. The van der Waals surface area contributed by atoms with E-state index in [1.807, 2.05) is 12.1 Å². The minimum Gasteiger partial charge on any atom is -0.367 e. The number of hydrogen-bond acceptors (Lipinski definition) is 2. The quantitative estimate of drug-likeness (QED) is 0.577. The lowest BCUT2D eigenvalue weighted by atomic mass is 10.2. The van der Waals surface area contributed by atoms with Gasteiger partial charge in [-0.15, -0.1) is 46.4 Å². The lowest BCUT2D eigenvalue weighted by Gasteiger charge is -2.31.